The molecule has 2 heterocycles. The lowest BCUT2D eigenvalue weighted by Gasteiger charge is -2.08. The largest absolute Gasteiger partial charge is 0.441 e. The lowest BCUT2D eigenvalue weighted by molar-refractivity contribution is 0.102. The minimum Gasteiger partial charge on any atom is -0.441 e. The summed E-state index contributed by atoms with van der Waals surface area (Å²) in [6.07, 6.45) is 3.73. The van der Waals surface area contributed by atoms with Crippen LogP contribution in [0.15, 0.2) is 59.3 Å². The Bertz CT molecular complexity index is 1190. The zero-order chi connectivity index (χ0) is 21.3. The summed E-state index contributed by atoms with van der Waals surface area (Å²) < 4.78 is 21.5. The third-order valence-electron chi connectivity index (χ3n) is 4.55. The predicted octanol–water partition coefficient (Wildman–Crippen LogP) is 5.25. The van der Waals surface area contributed by atoms with Crippen LogP contribution >= 0.6 is 11.6 Å². The maximum Gasteiger partial charge on any atom is 0.260 e. The molecule has 0 spiro atoms. The topological polar surface area (TPSA) is 73.0 Å². The van der Waals surface area contributed by atoms with E-state index >= 15 is 0 Å². The maximum atomic E-state index is 13.9. The summed E-state index contributed by atoms with van der Waals surface area (Å²) in [5, 5.41) is 6.97. The molecular formula is C22H18ClFN4O2. The van der Waals surface area contributed by atoms with Gasteiger partial charge >= 0.3 is 0 Å². The zero-order valence-electron chi connectivity index (χ0n) is 16.3. The molecule has 1 amide bonds. The molecule has 0 bridgehead atoms. The highest BCUT2D eigenvalue weighted by atomic mass is 35.5. The van der Waals surface area contributed by atoms with Gasteiger partial charge in [0, 0.05) is 17.4 Å². The second kappa shape index (κ2) is 8.12. The van der Waals surface area contributed by atoms with Gasteiger partial charge < -0.3 is 9.73 Å². The molecule has 0 aliphatic carbocycles. The van der Waals surface area contributed by atoms with Crippen LogP contribution in [0.25, 0.3) is 11.5 Å². The van der Waals surface area contributed by atoms with Gasteiger partial charge in [-0.1, -0.05) is 17.7 Å². The molecule has 2 aromatic carbocycles. The Hall–Kier alpha value is -3.45. The van der Waals surface area contributed by atoms with Crippen LogP contribution in [0.5, 0.6) is 0 Å². The monoisotopic (exact) mass is 424 g/mol. The number of nitrogens with one attached hydrogen (secondary N) is 1. The van der Waals surface area contributed by atoms with Gasteiger partial charge in [0.1, 0.15) is 17.3 Å². The highest BCUT2D eigenvalue weighted by Gasteiger charge is 2.16. The van der Waals surface area contributed by atoms with E-state index in [1.165, 1.54) is 18.2 Å². The first-order valence-corrected chi connectivity index (χ1v) is 9.59. The summed E-state index contributed by atoms with van der Waals surface area (Å²) in [6.45, 7) is 4.35. The van der Waals surface area contributed by atoms with Crippen LogP contribution in [0.2, 0.25) is 5.02 Å². The molecule has 0 atom stereocenters. The normalized spacial score (nSPS) is 10.9. The number of hydrogen-bond acceptors (Lipinski definition) is 4. The fraction of sp³-hybridized carbons (Fsp3) is 0.136. The molecule has 0 aliphatic rings. The van der Waals surface area contributed by atoms with Crippen LogP contribution in [-0.4, -0.2) is 20.7 Å². The first-order valence-electron chi connectivity index (χ1n) is 9.22. The Labute approximate surface area is 177 Å². The number of hydrogen-bond donors (Lipinski definition) is 1. The van der Waals surface area contributed by atoms with Crippen LogP contribution < -0.4 is 5.32 Å². The minimum atomic E-state index is -0.674. The first kappa shape index (κ1) is 19.8. The van der Waals surface area contributed by atoms with E-state index in [4.69, 9.17) is 16.0 Å². The van der Waals surface area contributed by atoms with Crippen molar-refractivity contribution in [2.45, 2.75) is 20.4 Å². The van der Waals surface area contributed by atoms with Gasteiger partial charge in [-0.2, -0.15) is 5.10 Å². The summed E-state index contributed by atoms with van der Waals surface area (Å²) in [5.74, 6) is -0.104. The van der Waals surface area contributed by atoms with E-state index in [-0.39, 0.29) is 10.6 Å². The fourth-order valence-corrected chi connectivity index (χ4v) is 3.26. The van der Waals surface area contributed by atoms with Crippen molar-refractivity contribution in [1.82, 2.24) is 14.8 Å². The molecular weight excluding hydrogens is 407 g/mol. The number of carbonyl (C=O) groups is 1. The van der Waals surface area contributed by atoms with Crippen LogP contribution in [-0.2, 0) is 6.54 Å². The quantitative estimate of drug-likeness (QED) is 0.475. The molecule has 0 unspecified atom stereocenters. The molecule has 4 aromatic rings. The lowest BCUT2D eigenvalue weighted by atomic mass is 10.1. The van der Waals surface area contributed by atoms with Gasteiger partial charge in [-0.3, -0.25) is 9.48 Å². The molecule has 152 valence electrons. The smallest absolute Gasteiger partial charge is 0.260 e. The molecule has 4 rings (SSSR count). The summed E-state index contributed by atoms with van der Waals surface area (Å²) in [6, 6.07) is 11.0. The van der Waals surface area contributed by atoms with Crippen molar-refractivity contribution in [3.8, 4) is 11.5 Å². The second-order valence-electron chi connectivity index (χ2n) is 6.87. The third kappa shape index (κ3) is 4.11. The van der Waals surface area contributed by atoms with Crippen molar-refractivity contribution < 1.29 is 13.6 Å². The average molecular weight is 425 g/mol. The number of carbonyl (C=O) groups excluding carboxylic acids is 1. The van der Waals surface area contributed by atoms with E-state index in [2.05, 4.69) is 15.4 Å². The van der Waals surface area contributed by atoms with Crippen molar-refractivity contribution in [3.05, 3.63) is 88.3 Å². The van der Waals surface area contributed by atoms with E-state index in [9.17, 15) is 9.18 Å². The van der Waals surface area contributed by atoms with E-state index in [0.717, 1.165) is 16.8 Å². The number of nitrogens with zero attached hydrogens (tertiary/aromatic N) is 3. The van der Waals surface area contributed by atoms with Gasteiger partial charge in [0.05, 0.1) is 23.3 Å². The number of anilines is 1. The molecule has 6 nitrogen and oxygen atoms in total. The third-order valence-corrected chi connectivity index (χ3v) is 4.86. The Balaban J connectivity index is 1.50. The van der Waals surface area contributed by atoms with Gasteiger partial charge in [-0.15, -0.1) is 0 Å². The van der Waals surface area contributed by atoms with Gasteiger partial charge in [0.25, 0.3) is 5.91 Å². The van der Waals surface area contributed by atoms with Gasteiger partial charge in [-0.05, 0) is 55.8 Å². The summed E-state index contributed by atoms with van der Waals surface area (Å²) in [4.78, 5) is 16.9. The second-order valence-corrected chi connectivity index (χ2v) is 7.27. The van der Waals surface area contributed by atoms with Crippen LogP contribution in [0.4, 0.5) is 10.1 Å². The lowest BCUT2D eigenvalue weighted by Crippen LogP contribution is -2.14. The van der Waals surface area contributed by atoms with Gasteiger partial charge in [-0.25, -0.2) is 9.37 Å². The summed E-state index contributed by atoms with van der Waals surface area (Å²) in [7, 11) is 0. The SMILES string of the molecule is Cc1cnn(Cc2nc(-c3ccc(NC(=O)c4c(F)cccc4Cl)cc3)oc2C)c1. The van der Waals surface area contributed by atoms with Crippen LogP contribution in [0, 0.1) is 19.7 Å². The van der Waals surface area contributed by atoms with E-state index in [1.807, 2.05) is 20.0 Å². The number of aromatic nitrogens is 3. The molecule has 1 N–H and O–H groups in total. The Morgan fingerprint density at radius 3 is 2.63 bits per heavy atom. The molecule has 30 heavy (non-hydrogen) atoms. The van der Waals surface area contributed by atoms with E-state index < -0.39 is 11.7 Å². The molecule has 0 aliphatic heterocycles. The molecule has 2 aromatic heterocycles. The van der Waals surface area contributed by atoms with Crippen molar-refractivity contribution in [2.75, 3.05) is 5.32 Å². The Morgan fingerprint density at radius 1 is 1.20 bits per heavy atom. The minimum absolute atomic E-state index is 0.0549. The van der Waals surface area contributed by atoms with Crippen molar-refractivity contribution in [2.24, 2.45) is 0 Å². The van der Waals surface area contributed by atoms with Gasteiger partial charge in [0.15, 0.2) is 0 Å². The molecule has 0 saturated heterocycles. The Morgan fingerprint density at radius 2 is 1.97 bits per heavy atom. The number of halogens is 2. The van der Waals surface area contributed by atoms with Crippen molar-refractivity contribution in [3.63, 3.8) is 0 Å². The Kier molecular flexibility index (Phi) is 5.37. The van der Waals surface area contributed by atoms with Crippen molar-refractivity contribution in [1.29, 1.82) is 0 Å². The number of rotatable bonds is 5. The molecule has 0 fully saturated rings. The predicted molar refractivity (Wildman–Crippen MR) is 112 cm³/mol. The number of oxazole rings is 1. The van der Waals surface area contributed by atoms with E-state index in [1.54, 1.807) is 35.1 Å². The highest BCUT2D eigenvalue weighted by Crippen LogP contribution is 2.25. The maximum absolute atomic E-state index is 13.9. The molecule has 0 radical (unpaired) electrons. The standard InChI is InChI=1S/C22H18ClFN4O2/c1-13-10-25-28(11-13)12-19-14(2)30-22(27-19)15-6-8-16(9-7-15)26-21(29)20-17(23)4-3-5-18(20)24/h3-11H,12H2,1-2H3,(H,26,29). The molecule has 8 heteroatoms. The summed E-state index contributed by atoms with van der Waals surface area (Å²) in [5.41, 5.74) is 2.93. The zero-order valence-corrected chi connectivity index (χ0v) is 17.1. The average Bonchev–Trinajstić information content (AvgIpc) is 3.28. The number of amides is 1. The number of benzene rings is 2. The van der Waals surface area contributed by atoms with Gasteiger partial charge in [0.2, 0.25) is 5.89 Å². The van der Waals surface area contributed by atoms with E-state index in [0.29, 0.717) is 23.9 Å². The first-order chi connectivity index (χ1) is 14.4. The van der Waals surface area contributed by atoms with Crippen LogP contribution in [0.1, 0.15) is 27.4 Å². The van der Waals surface area contributed by atoms with Crippen LogP contribution in [0.3, 0.4) is 0 Å². The fourth-order valence-electron chi connectivity index (χ4n) is 3.01. The summed E-state index contributed by atoms with van der Waals surface area (Å²) >= 11 is 5.94. The number of aryl methyl sites for hydroxylation is 2. The van der Waals surface area contributed by atoms with Crippen molar-refractivity contribution >= 4 is 23.2 Å². The highest BCUT2D eigenvalue weighted by molar-refractivity contribution is 6.34. The molecule has 0 saturated carbocycles.